The summed E-state index contributed by atoms with van der Waals surface area (Å²) in [6.07, 6.45) is 0. The second-order valence-corrected chi connectivity index (χ2v) is 3.15. The van der Waals surface area contributed by atoms with Gasteiger partial charge < -0.3 is 0 Å². The normalized spacial score (nSPS) is 7.62. The molecule has 0 aromatic heterocycles. The van der Waals surface area contributed by atoms with Crippen molar-refractivity contribution in [1.29, 1.82) is 0 Å². The Hall–Kier alpha value is 0.206. The molecular formula is C14H14Zr2-2. The predicted octanol–water partition coefficient (Wildman–Crippen LogP) is 3.59. The monoisotopic (exact) mass is 362 g/mol. The van der Waals surface area contributed by atoms with Gasteiger partial charge in [0.1, 0.15) is 0 Å². The third kappa shape index (κ3) is 9.43. The summed E-state index contributed by atoms with van der Waals surface area (Å²) in [5, 5.41) is 0. The Kier molecular flexibility index (Phi) is 13.6. The maximum Gasteiger partial charge on any atom is 0 e. The van der Waals surface area contributed by atoms with E-state index in [1.54, 1.807) is 0 Å². The van der Waals surface area contributed by atoms with Gasteiger partial charge in [0.15, 0.2) is 0 Å². The minimum absolute atomic E-state index is 0. The van der Waals surface area contributed by atoms with Crippen molar-refractivity contribution in [2.45, 2.75) is 13.8 Å². The van der Waals surface area contributed by atoms with E-state index < -0.39 is 0 Å². The average Bonchev–Trinajstić information content (AvgIpc) is 2.21. The maximum absolute atomic E-state index is 2.93. The molecule has 0 spiro atoms. The number of rotatable bonds is 0. The third-order valence-corrected chi connectivity index (χ3v) is 1.77. The van der Waals surface area contributed by atoms with Gasteiger partial charge >= 0.3 is 0 Å². The predicted molar refractivity (Wildman–Crippen MR) is 60.0 cm³/mol. The number of aryl methyl sites for hydroxylation is 2. The largest absolute Gasteiger partial charge is 0.184 e. The molecule has 2 aromatic rings. The van der Waals surface area contributed by atoms with E-state index in [9.17, 15) is 0 Å². The number of hydrogen-bond donors (Lipinski definition) is 0. The van der Waals surface area contributed by atoms with E-state index in [-0.39, 0.29) is 52.4 Å². The van der Waals surface area contributed by atoms with Crippen molar-refractivity contribution in [2.24, 2.45) is 0 Å². The summed E-state index contributed by atoms with van der Waals surface area (Å²) in [6.45, 7) is 4.13. The second kappa shape index (κ2) is 11.7. The molecule has 0 saturated heterocycles. The molecule has 2 aromatic carbocycles. The maximum atomic E-state index is 2.93. The van der Waals surface area contributed by atoms with Gasteiger partial charge in [-0.2, -0.15) is 71.8 Å². The molecule has 0 atom stereocenters. The minimum Gasteiger partial charge on any atom is -0.184 e. The van der Waals surface area contributed by atoms with Gasteiger partial charge in [0.05, 0.1) is 0 Å². The van der Waals surface area contributed by atoms with E-state index in [2.05, 4.69) is 26.0 Å². The van der Waals surface area contributed by atoms with E-state index in [1.807, 2.05) is 48.5 Å². The van der Waals surface area contributed by atoms with Crippen LogP contribution < -0.4 is 0 Å². The molecule has 16 heavy (non-hydrogen) atoms. The van der Waals surface area contributed by atoms with Gasteiger partial charge in [0.25, 0.3) is 0 Å². The van der Waals surface area contributed by atoms with Crippen LogP contribution in [0.15, 0.2) is 48.5 Å². The van der Waals surface area contributed by atoms with Crippen LogP contribution in [-0.2, 0) is 52.4 Å². The molecule has 0 aliphatic heterocycles. The molecule has 2 rings (SSSR count). The van der Waals surface area contributed by atoms with Crippen LogP contribution in [0, 0.1) is 26.0 Å². The zero-order chi connectivity index (χ0) is 10.2. The Balaban J connectivity index is 0. The molecule has 80 valence electrons. The van der Waals surface area contributed by atoms with Crippen molar-refractivity contribution >= 4 is 0 Å². The standard InChI is InChI=1S/2C7H7.2Zr/c2*1-7-5-3-2-4-6-7;;/h2*3-6H,1H3;;/q2*-1;;. The summed E-state index contributed by atoms with van der Waals surface area (Å²) >= 11 is 0. The Morgan fingerprint density at radius 3 is 1.00 bits per heavy atom. The first-order chi connectivity index (χ1) is 6.79. The molecule has 0 fully saturated rings. The van der Waals surface area contributed by atoms with Crippen LogP contribution in [0.2, 0.25) is 0 Å². The smallest absolute Gasteiger partial charge is 0 e. The third-order valence-electron chi connectivity index (χ3n) is 1.77. The van der Waals surface area contributed by atoms with Crippen LogP contribution in [0.25, 0.3) is 0 Å². The van der Waals surface area contributed by atoms with E-state index in [1.165, 1.54) is 11.1 Å². The van der Waals surface area contributed by atoms with Crippen molar-refractivity contribution in [3.63, 3.8) is 0 Å². The first-order valence-corrected chi connectivity index (χ1v) is 4.64. The molecule has 0 unspecified atom stereocenters. The van der Waals surface area contributed by atoms with Gasteiger partial charge in [-0.15, -0.1) is 0 Å². The molecule has 0 aliphatic carbocycles. The summed E-state index contributed by atoms with van der Waals surface area (Å²) < 4.78 is 0. The van der Waals surface area contributed by atoms with Crippen molar-refractivity contribution in [2.75, 3.05) is 0 Å². The molecule has 0 bridgehead atoms. The first kappa shape index (κ1) is 18.6. The van der Waals surface area contributed by atoms with E-state index in [4.69, 9.17) is 0 Å². The average molecular weight is 365 g/mol. The van der Waals surface area contributed by atoms with Gasteiger partial charge in [0, 0.05) is 52.4 Å². The molecule has 0 N–H and O–H groups in total. The fourth-order valence-electron chi connectivity index (χ4n) is 0.940. The Morgan fingerprint density at radius 2 is 0.875 bits per heavy atom. The van der Waals surface area contributed by atoms with Crippen molar-refractivity contribution in [3.05, 3.63) is 71.8 Å². The van der Waals surface area contributed by atoms with Crippen LogP contribution in [0.5, 0.6) is 0 Å². The zero-order valence-electron chi connectivity index (χ0n) is 9.62. The molecule has 2 heteroatoms. The Bertz CT molecular complexity index is 306. The van der Waals surface area contributed by atoms with Crippen LogP contribution >= 0.6 is 0 Å². The summed E-state index contributed by atoms with van der Waals surface area (Å²) in [5.41, 5.74) is 2.58. The number of benzene rings is 2. The molecule has 0 saturated carbocycles. The number of hydrogen-bond acceptors (Lipinski definition) is 0. The van der Waals surface area contributed by atoms with Crippen LogP contribution in [0.4, 0.5) is 0 Å². The van der Waals surface area contributed by atoms with Gasteiger partial charge in [0.2, 0.25) is 0 Å². The molecular weight excluding hydrogens is 351 g/mol. The van der Waals surface area contributed by atoms with Crippen LogP contribution in [0.1, 0.15) is 11.1 Å². The Labute approximate surface area is 137 Å². The van der Waals surface area contributed by atoms with Crippen molar-refractivity contribution in [3.8, 4) is 0 Å². The van der Waals surface area contributed by atoms with E-state index in [0.29, 0.717) is 0 Å². The van der Waals surface area contributed by atoms with Crippen LogP contribution in [-0.4, -0.2) is 0 Å². The van der Waals surface area contributed by atoms with E-state index >= 15 is 0 Å². The summed E-state index contributed by atoms with van der Waals surface area (Å²) in [5.74, 6) is 0. The van der Waals surface area contributed by atoms with Crippen LogP contribution in [0.3, 0.4) is 0 Å². The second-order valence-electron chi connectivity index (χ2n) is 3.15. The molecule has 0 aliphatic rings. The molecule has 0 radical (unpaired) electrons. The SMILES string of the molecule is Cc1cc[c-]cc1.Cc1cc[c-]cc1.[Zr].[Zr]. The summed E-state index contributed by atoms with van der Waals surface area (Å²) in [6, 6.07) is 21.6. The fraction of sp³-hybridized carbons (Fsp3) is 0.143. The fourth-order valence-corrected chi connectivity index (χ4v) is 0.940. The van der Waals surface area contributed by atoms with Gasteiger partial charge in [-0.25, -0.2) is 0 Å². The summed E-state index contributed by atoms with van der Waals surface area (Å²) in [4.78, 5) is 0. The van der Waals surface area contributed by atoms with Gasteiger partial charge in [-0.05, 0) is 0 Å². The van der Waals surface area contributed by atoms with Crippen molar-refractivity contribution < 1.29 is 52.4 Å². The molecule has 0 heterocycles. The molecule has 0 amide bonds. The van der Waals surface area contributed by atoms with E-state index in [0.717, 1.165) is 0 Å². The summed E-state index contributed by atoms with van der Waals surface area (Å²) in [7, 11) is 0. The molecule has 0 nitrogen and oxygen atoms in total. The topological polar surface area (TPSA) is 0 Å². The first-order valence-electron chi connectivity index (χ1n) is 4.64. The minimum atomic E-state index is 0. The zero-order valence-corrected chi connectivity index (χ0v) is 14.5. The Morgan fingerprint density at radius 1 is 0.625 bits per heavy atom. The van der Waals surface area contributed by atoms with Gasteiger partial charge in [-0.1, -0.05) is 13.8 Å². The van der Waals surface area contributed by atoms with Gasteiger partial charge in [-0.3, -0.25) is 0 Å². The quantitative estimate of drug-likeness (QED) is 0.627. The van der Waals surface area contributed by atoms with Crippen molar-refractivity contribution in [1.82, 2.24) is 0 Å².